The Balaban J connectivity index is 2.44. The van der Waals surface area contributed by atoms with E-state index < -0.39 is 15.8 Å². The van der Waals surface area contributed by atoms with E-state index in [1.54, 1.807) is 11.2 Å². The van der Waals surface area contributed by atoms with E-state index in [9.17, 15) is 12.8 Å². The summed E-state index contributed by atoms with van der Waals surface area (Å²) in [5, 5.41) is 0. The van der Waals surface area contributed by atoms with Gasteiger partial charge in [-0.15, -0.1) is 11.6 Å². The van der Waals surface area contributed by atoms with E-state index in [1.165, 1.54) is 12.1 Å². The lowest BCUT2D eigenvalue weighted by Crippen LogP contribution is -2.36. The number of rotatable bonds is 6. The van der Waals surface area contributed by atoms with Crippen molar-refractivity contribution in [1.29, 1.82) is 0 Å². The van der Waals surface area contributed by atoms with Crippen molar-refractivity contribution in [3.05, 3.63) is 29.1 Å². The first-order chi connectivity index (χ1) is 9.77. The fourth-order valence-electron chi connectivity index (χ4n) is 2.35. The van der Waals surface area contributed by atoms with Crippen LogP contribution in [0.1, 0.15) is 37.8 Å². The molecule has 0 atom stereocenters. The molecule has 3 nitrogen and oxygen atoms in total. The first-order valence-electron chi connectivity index (χ1n) is 7.14. The quantitative estimate of drug-likeness (QED) is 0.745. The molecule has 0 bridgehead atoms. The van der Waals surface area contributed by atoms with Gasteiger partial charge in [-0.05, 0) is 43.4 Å². The third kappa shape index (κ3) is 3.58. The second-order valence-corrected chi connectivity index (χ2v) is 8.20. The maximum atomic E-state index is 13.9. The molecule has 0 unspecified atom stereocenters. The van der Waals surface area contributed by atoms with Gasteiger partial charge in [0.05, 0.1) is 10.8 Å². The molecule has 1 saturated carbocycles. The highest BCUT2D eigenvalue weighted by molar-refractivity contribution is 7.89. The Hall–Kier alpha value is -0.650. The van der Waals surface area contributed by atoms with E-state index in [0.29, 0.717) is 12.1 Å². The van der Waals surface area contributed by atoms with Gasteiger partial charge >= 0.3 is 0 Å². The largest absolute Gasteiger partial charge is 0.243 e. The van der Waals surface area contributed by atoms with Crippen molar-refractivity contribution in [2.24, 2.45) is 5.92 Å². The molecule has 21 heavy (non-hydrogen) atoms. The first-order valence-corrected chi connectivity index (χ1v) is 9.11. The van der Waals surface area contributed by atoms with Crippen LogP contribution in [-0.4, -0.2) is 25.3 Å². The summed E-state index contributed by atoms with van der Waals surface area (Å²) < 4.78 is 41.1. The molecule has 1 aliphatic carbocycles. The van der Waals surface area contributed by atoms with Crippen molar-refractivity contribution < 1.29 is 12.8 Å². The topological polar surface area (TPSA) is 37.4 Å². The van der Waals surface area contributed by atoms with Gasteiger partial charge in [0.15, 0.2) is 0 Å². The highest BCUT2D eigenvalue weighted by Gasteiger charge is 2.38. The minimum Gasteiger partial charge on any atom is -0.207 e. The van der Waals surface area contributed by atoms with Gasteiger partial charge in [0.1, 0.15) is 5.82 Å². The molecule has 0 amide bonds. The van der Waals surface area contributed by atoms with Crippen molar-refractivity contribution in [2.75, 3.05) is 6.54 Å². The molecule has 0 saturated heterocycles. The molecule has 0 aromatic heterocycles. The lowest BCUT2D eigenvalue weighted by molar-refractivity contribution is 0.360. The number of benzene rings is 1. The Labute approximate surface area is 131 Å². The lowest BCUT2D eigenvalue weighted by Gasteiger charge is -2.24. The van der Waals surface area contributed by atoms with E-state index in [4.69, 9.17) is 11.6 Å². The molecule has 0 heterocycles. The van der Waals surface area contributed by atoms with Gasteiger partial charge in [0.2, 0.25) is 10.0 Å². The van der Waals surface area contributed by atoms with Crippen LogP contribution in [0.25, 0.3) is 0 Å². The van der Waals surface area contributed by atoms with Crippen LogP contribution in [0.5, 0.6) is 0 Å². The summed E-state index contributed by atoms with van der Waals surface area (Å²) in [7, 11) is -3.60. The predicted octanol–water partition coefficient (Wildman–Crippen LogP) is 3.68. The molecule has 118 valence electrons. The molecular formula is C15H21ClFNO2S. The van der Waals surface area contributed by atoms with E-state index in [2.05, 4.69) is 0 Å². The zero-order chi connectivity index (χ0) is 15.8. The van der Waals surface area contributed by atoms with Crippen molar-refractivity contribution >= 4 is 21.6 Å². The Morgan fingerprint density at radius 3 is 2.48 bits per heavy atom. The van der Waals surface area contributed by atoms with Gasteiger partial charge in [-0.25, -0.2) is 12.8 Å². The Kier molecular flexibility index (Phi) is 4.96. The standard InChI is InChI=1S/C15H21ClFNO2S/c1-10(2)9-18(13-4-5-13)21(19,20)14-6-11(3)15(17)12(7-14)8-16/h6-7,10,13H,4-5,8-9H2,1-3H3. The van der Waals surface area contributed by atoms with Gasteiger partial charge in [-0.2, -0.15) is 4.31 Å². The van der Waals surface area contributed by atoms with Gasteiger partial charge < -0.3 is 0 Å². The molecule has 0 N–H and O–H groups in total. The predicted molar refractivity (Wildman–Crippen MR) is 82.4 cm³/mol. The maximum absolute atomic E-state index is 13.9. The maximum Gasteiger partial charge on any atom is 0.243 e. The third-order valence-corrected chi connectivity index (χ3v) is 5.74. The number of sulfonamides is 1. The van der Waals surface area contributed by atoms with Crippen molar-refractivity contribution in [3.8, 4) is 0 Å². The highest BCUT2D eigenvalue weighted by Crippen LogP contribution is 2.33. The lowest BCUT2D eigenvalue weighted by atomic mass is 10.1. The summed E-state index contributed by atoms with van der Waals surface area (Å²) in [4.78, 5) is 0.143. The van der Waals surface area contributed by atoms with Crippen LogP contribution in [0.4, 0.5) is 4.39 Å². The first kappa shape index (κ1) is 16.7. The molecule has 2 rings (SSSR count). The number of halogens is 2. The van der Waals surface area contributed by atoms with E-state index >= 15 is 0 Å². The van der Waals surface area contributed by atoms with Crippen LogP contribution in [0, 0.1) is 18.7 Å². The molecular weight excluding hydrogens is 313 g/mol. The van der Waals surface area contributed by atoms with Crippen molar-refractivity contribution in [2.45, 2.75) is 50.4 Å². The van der Waals surface area contributed by atoms with Gasteiger partial charge in [0, 0.05) is 18.2 Å². The fourth-order valence-corrected chi connectivity index (χ4v) is 4.53. The zero-order valence-corrected chi connectivity index (χ0v) is 14.1. The number of aryl methyl sites for hydroxylation is 1. The van der Waals surface area contributed by atoms with Crippen LogP contribution in [0.3, 0.4) is 0 Å². The molecule has 6 heteroatoms. The summed E-state index contributed by atoms with van der Waals surface area (Å²) >= 11 is 5.72. The van der Waals surface area contributed by atoms with Gasteiger partial charge in [0.25, 0.3) is 0 Å². The SMILES string of the molecule is Cc1cc(S(=O)(=O)N(CC(C)C)C2CC2)cc(CCl)c1F. The molecule has 1 aliphatic rings. The fraction of sp³-hybridized carbons (Fsp3) is 0.600. The summed E-state index contributed by atoms with van der Waals surface area (Å²) in [6.45, 7) is 6.03. The van der Waals surface area contributed by atoms with Crippen molar-refractivity contribution in [3.63, 3.8) is 0 Å². The van der Waals surface area contributed by atoms with E-state index in [-0.39, 0.29) is 28.3 Å². The Morgan fingerprint density at radius 1 is 1.38 bits per heavy atom. The zero-order valence-electron chi connectivity index (χ0n) is 12.6. The summed E-state index contributed by atoms with van der Waals surface area (Å²) in [6.07, 6.45) is 1.79. The average molecular weight is 334 g/mol. The third-order valence-electron chi connectivity index (χ3n) is 3.55. The molecule has 1 aromatic carbocycles. The summed E-state index contributed by atoms with van der Waals surface area (Å²) in [5.74, 6) is -0.218. The van der Waals surface area contributed by atoms with E-state index in [0.717, 1.165) is 12.8 Å². The van der Waals surface area contributed by atoms with Crippen molar-refractivity contribution in [1.82, 2.24) is 4.31 Å². The number of hydrogen-bond acceptors (Lipinski definition) is 2. The molecule has 0 aliphatic heterocycles. The monoisotopic (exact) mass is 333 g/mol. The number of nitrogens with zero attached hydrogens (tertiary/aromatic N) is 1. The second-order valence-electron chi connectivity index (χ2n) is 6.05. The molecule has 0 spiro atoms. The average Bonchev–Trinajstić information content (AvgIpc) is 3.22. The normalized spacial score (nSPS) is 16.0. The summed E-state index contributed by atoms with van der Waals surface area (Å²) in [5.41, 5.74) is 0.544. The minimum atomic E-state index is -3.60. The van der Waals surface area contributed by atoms with E-state index in [1.807, 2.05) is 13.8 Å². The minimum absolute atomic E-state index is 0.0381. The van der Waals surface area contributed by atoms with Gasteiger partial charge in [-0.3, -0.25) is 0 Å². The molecule has 1 fully saturated rings. The summed E-state index contributed by atoms with van der Waals surface area (Å²) in [6, 6.07) is 2.85. The van der Waals surface area contributed by atoms with Crippen LogP contribution in [0.15, 0.2) is 17.0 Å². The Morgan fingerprint density at radius 2 is 2.00 bits per heavy atom. The smallest absolute Gasteiger partial charge is 0.207 e. The number of alkyl halides is 1. The number of hydrogen-bond donors (Lipinski definition) is 0. The van der Waals surface area contributed by atoms with Crippen LogP contribution >= 0.6 is 11.6 Å². The second kappa shape index (κ2) is 6.23. The highest BCUT2D eigenvalue weighted by atomic mass is 35.5. The van der Waals surface area contributed by atoms with Crippen LogP contribution in [0.2, 0.25) is 0 Å². The van der Waals surface area contributed by atoms with Gasteiger partial charge in [-0.1, -0.05) is 13.8 Å². The van der Waals surface area contributed by atoms with Crippen LogP contribution < -0.4 is 0 Å². The molecule has 0 radical (unpaired) electrons. The Bertz CT molecular complexity index is 627. The molecule has 1 aromatic rings. The van der Waals surface area contributed by atoms with Crippen LogP contribution in [-0.2, 0) is 15.9 Å².